The van der Waals surface area contributed by atoms with Crippen molar-refractivity contribution in [3.05, 3.63) is 12.2 Å². The van der Waals surface area contributed by atoms with Gasteiger partial charge in [0.15, 0.2) is 0 Å². The highest BCUT2D eigenvalue weighted by molar-refractivity contribution is 5.74. The number of aromatic nitrogens is 3. The van der Waals surface area contributed by atoms with E-state index in [0.29, 0.717) is 18.5 Å². The van der Waals surface area contributed by atoms with Gasteiger partial charge in [-0.2, -0.15) is 5.10 Å². The highest BCUT2D eigenvalue weighted by atomic mass is 16.4. The van der Waals surface area contributed by atoms with Crippen LogP contribution >= 0.6 is 0 Å². The average Bonchev–Trinajstić information content (AvgIpc) is 3.05. The van der Waals surface area contributed by atoms with E-state index in [-0.39, 0.29) is 6.04 Å². The number of hydrogen-bond acceptors (Lipinski definition) is 4. The number of nitrogens with zero attached hydrogens (tertiary/aromatic N) is 4. The molecule has 116 valence electrons. The lowest BCUT2D eigenvalue weighted by atomic mass is 9.85. The van der Waals surface area contributed by atoms with Crippen molar-refractivity contribution in [2.75, 3.05) is 0 Å². The lowest BCUT2D eigenvalue weighted by Crippen LogP contribution is -2.42. The number of fused-ring (bicyclic) bond motifs is 1. The number of carbonyl (C=O) groups is 1. The minimum Gasteiger partial charge on any atom is -0.480 e. The molecular weight excluding hydrogens is 268 g/mol. The predicted molar refractivity (Wildman–Crippen MR) is 77.6 cm³/mol. The normalized spacial score (nSPS) is 29.5. The molecule has 1 saturated heterocycles. The van der Waals surface area contributed by atoms with Gasteiger partial charge in [-0.05, 0) is 31.6 Å². The van der Waals surface area contributed by atoms with Crippen molar-refractivity contribution in [3.8, 4) is 0 Å². The molecule has 1 N–H and O–H groups in total. The third-order valence-corrected chi connectivity index (χ3v) is 4.96. The second-order valence-electron chi connectivity index (χ2n) is 6.27. The fourth-order valence-corrected chi connectivity index (χ4v) is 4.00. The maximum absolute atomic E-state index is 11.6. The molecule has 3 rings (SSSR count). The van der Waals surface area contributed by atoms with E-state index >= 15 is 0 Å². The van der Waals surface area contributed by atoms with Crippen molar-refractivity contribution in [1.82, 2.24) is 19.7 Å². The monoisotopic (exact) mass is 292 g/mol. The zero-order valence-electron chi connectivity index (χ0n) is 12.6. The molecule has 0 spiro atoms. The molecule has 1 aromatic rings. The van der Waals surface area contributed by atoms with Gasteiger partial charge in [0.1, 0.15) is 18.2 Å². The topological polar surface area (TPSA) is 71.2 Å². The Morgan fingerprint density at radius 3 is 3.00 bits per heavy atom. The fourth-order valence-electron chi connectivity index (χ4n) is 4.00. The molecule has 0 aromatic carbocycles. The van der Waals surface area contributed by atoms with Crippen LogP contribution in [0.3, 0.4) is 0 Å². The first kappa shape index (κ1) is 14.5. The van der Waals surface area contributed by atoms with Gasteiger partial charge in [-0.25, -0.2) is 9.67 Å². The lowest BCUT2D eigenvalue weighted by molar-refractivity contribution is -0.143. The number of carboxylic acid groups (broad SMARTS) is 1. The largest absolute Gasteiger partial charge is 0.480 e. The van der Waals surface area contributed by atoms with Gasteiger partial charge in [-0.3, -0.25) is 9.69 Å². The minimum absolute atomic E-state index is 0.357. The molecule has 3 atom stereocenters. The van der Waals surface area contributed by atoms with E-state index in [9.17, 15) is 9.90 Å². The van der Waals surface area contributed by atoms with Crippen LogP contribution in [0.15, 0.2) is 6.33 Å². The summed E-state index contributed by atoms with van der Waals surface area (Å²) in [4.78, 5) is 18.1. The quantitative estimate of drug-likeness (QED) is 0.897. The number of aryl methyl sites for hydroxylation is 1. The highest BCUT2D eigenvalue weighted by Gasteiger charge is 2.45. The number of aliphatic carboxylic acids is 1. The molecule has 2 fully saturated rings. The molecule has 0 bridgehead atoms. The van der Waals surface area contributed by atoms with Gasteiger partial charge < -0.3 is 5.11 Å². The van der Waals surface area contributed by atoms with Crippen molar-refractivity contribution in [2.24, 2.45) is 5.92 Å². The van der Waals surface area contributed by atoms with E-state index in [4.69, 9.17) is 0 Å². The third-order valence-electron chi connectivity index (χ3n) is 4.96. The number of rotatable bonds is 5. The van der Waals surface area contributed by atoms with Gasteiger partial charge >= 0.3 is 5.97 Å². The first-order chi connectivity index (χ1) is 10.2. The Morgan fingerprint density at radius 2 is 2.24 bits per heavy atom. The van der Waals surface area contributed by atoms with E-state index in [1.165, 1.54) is 19.3 Å². The molecular formula is C15H24N4O2. The Kier molecular flexibility index (Phi) is 4.24. The molecule has 1 saturated carbocycles. The molecule has 0 amide bonds. The molecule has 1 aliphatic heterocycles. The molecule has 6 nitrogen and oxygen atoms in total. The smallest absolute Gasteiger partial charge is 0.320 e. The summed E-state index contributed by atoms with van der Waals surface area (Å²) >= 11 is 0. The zero-order valence-corrected chi connectivity index (χ0v) is 12.6. The van der Waals surface area contributed by atoms with Crippen LogP contribution in [-0.4, -0.2) is 42.8 Å². The first-order valence-corrected chi connectivity index (χ1v) is 8.06. The van der Waals surface area contributed by atoms with Gasteiger partial charge in [0, 0.05) is 12.6 Å². The number of hydrogen-bond donors (Lipinski definition) is 1. The Labute approximate surface area is 125 Å². The van der Waals surface area contributed by atoms with Crippen LogP contribution in [0.5, 0.6) is 0 Å². The van der Waals surface area contributed by atoms with Crippen molar-refractivity contribution in [2.45, 2.75) is 70.6 Å². The Morgan fingerprint density at radius 1 is 1.43 bits per heavy atom. The predicted octanol–water partition coefficient (Wildman–Crippen LogP) is 1.91. The summed E-state index contributed by atoms with van der Waals surface area (Å²) in [5, 5.41) is 13.8. The Balaban J connectivity index is 1.80. The van der Waals surface area contributed by atoms with Crippen molar-refractivity contribution in [3.63, 3.8) is 0 Å². The summed E-state index contributed by atoms with van der Waals surface area (Å²) in [6.07, 6.45) is 8.13. The van der Waals surface area contributed by atoms with Gasteiger partial charge in [0.25, 0.3) is 0 Å². The summed E-state index contributed by atoms with van der Waals surface area (Å²) in [7, 11) is 0. The SMILES string of the molecule is CCCn1ncnc1CN1C(C(=O)O)CC2CCCCC21. The maximum Gasteiger partial charge on any atom is 0.320 e. The molecule has 1 aromatic heterocycles. The van der Waals surface area contributed by atoms with E-state index in [0.717, 1.165) is 31.6 Å². The Bertz CT molecular complexity index is 502. The lowest BCUT2D eigenvalue weighted by Gasteiger charge is -2.32. The van der Waals surface area contributed by atoms with Crippen molar-refractivity contribution >= 4 is 5.97 Å². The number of likely N-dealkylation sites (tertiary alicyclic amines) is 1. The summed E-state index contributed by atoms with van der Waals surface area (Å²) in [5.41, 5.74) is 0. The van der Waals surface area contributed by atoms with Crippen LogP contribution in [-0.2, 0) is 17.9 Å². The summed E-state index contributed by atoms with van der Waals surface area (Å²) in [6.45, 7) is 3.56. The van der Waals surface area contributed by atoms with Gasteiger partial charge in [0.2, 0.25) is 0 Å². The van der Waals surface area contributed by atoms with Crippen LogP contribution < -0.4 is 0 Å². The average molecular weight is 292 g/mol. The van der Waals surface area contributed by atoms with E-state index in [2.05, 4.69) is 21.9 Å². The molecule has 1 aliphatic carbocycles. The van der Waals surface area contributed by atoms with Gasteiger partial charge in [0.05, 0.1) is 6.54 Å². The number of carboxylic acids is 1. The van der Waals surface area contributed by atoms with E-state index in [1.807, 2.05) is 4.68 Å². The maximum atomic E-state index is 11.6. The van der Waals surface area contributed by atoms with Crippen LogP contribution in [0.1, 0.15) is 51.3 Å². The molecule has 2 aliphatic rings. The summed E-state index contributed by atoms with van der Waals surface area (Å²) < 4.78 is 1.91. The Hall–Kier alpha value is -1.43. The van der Waals surface area contributed by atoms with Gasteiger partial charge in [-0.15, -0.1) is 0 Å². The second kappa shape index (κ2) is 6.13. The van der Waals surface area contributed by atoms with E-state index < -0.39 is 5.97 Å². The molecule has 0 radical (unpaired) electrons. The molecule has 3 unspecified atom stereocenters. The first-order valence-electron chi connectivity index (χ1n) is 8.06. The fraction of sp³-hybridized carbons (Fsp3) is 0.800. The zero-order chi connectivity index (χ0) is 14.8. The minimum atomic E-state index is -0.689. The van der Waals surface area contributed by atoms with Crippen molar-refractivity contribution < 1.29 is 9.90 Å². The molecule has 6 heteroatoms. The van der Waals surface area contributed by atoms with E-state index in [1.54, 1.807) is 6.33 Å². The summed E-state index contributed by atoms with van der Waals surface area (Å²) in [5.74, 6) is 0.752. The third kappa shape index (κ3) is 2.81. The standard InChI is InChI=1S/C15H24N4O2/c1-2-7-19-14(16-10-17-19)9-18-12-6-4-3-5-11(12)8-13(18)15(20)21/h10-13H,2-9H2,1H3,(H,20,21). The van der Waals surface area contributed by atoms with Crippen LogP contribution in [0.2, 0.25) is 0 Å². The highest BCUT2D eigenvalue weighted by Crippen LogP contribution is 2.40. The van der Waals surface area contributed by atoms with Crippen LogP contribution in [0, 0.1) is 5.92 Å². The van der Waals surface area contributed by atoms with Gasteiger partial charge in [-0.1, -0.05) is 19.8 Å². The van der Waals surface area contributed by atoms with Crippen molar-refractivity contribution in [1.29, 1.82) is 0 Å². The second-order valence-corrected chi connectivity index (χ2v) is 6.27. The molecule has 21 heavy (non-hydrogen) atoms. The van der Waals surface area contributed by atoms with Crippen LogP contribution in [0.4, 0.5) is 0 Å². The summed E-state index contributed by atoms with van der Waals surface area (Å²) in [6, 6.07) is 0.0523. The molecule has 2 heterocycles. The van der Waals surface area contributed by atoms with Crippen LogP contribution in [0.25, 0.3) is 0 Å².